The van der Waals surface area contributed by atoms with E-state index in [1.54, 1.807) is 31.2 Å². The second-order valence-electron chi connectivity index (χ2n) is 7.60. The highest BCUT2D eigenvalue weighted by molar-refractivity contribution is 7.92. The molecule has 2 aromatic carbocycles. The molecule has 0 aliphatic heterocycles. The van der Waals surface area contributed by atoms with Gasteiger partial charge in [-0.1, -0.05) is 65.5 Å². The Labute approximate surface area is 220 Å². The number of carbonyl (C=O) groups is 2. The lowest BCUT2D eigenvalue weighted by Gasteiger charge is -2.31. The molecule has 0 unspecified atom stereocenters. The zero-order chi connectivity index (χ0) is 25.6. The molecule has 0 heterocycles. The highest BCUT2D eigenvalue weighted by atomic mass is 35.5. The van der Waals surface area contributed by atoms with E-state index in [4.69, 9.17) is 46.4 Å². The minimum absolute atomic E-state index is 0.00134. The maximum Gasteiger partial charge on any atom is 0.244 e. The summed E-state index contributed by atoms with van der Waals surface area (Å²) in [5.41, 5.74) is 0.716. The van der Waals surface area contributed by atoms with Gasteiger partial charge in [-0.2, -0.15) is 0 Å². The predicted octanol–water partition coefficient (Wildman–Crippen LogP) is 5.01. The molecule has 0 aliphatic carbocycles. The number of nitrogens with zero attached hydrogens (tertiary/aromatic N) is 2. The van der Waals surface area contributed by atoms with E-state index in [0.29, 0.717) is 17.1 Å². The number of carbonyl (C=O) groups excluding carboxylic acids is 2. The molecule has 34 heavy (non-hydrogen) atoms. The molecule has 2 amide bonds. The van der Waals surface area contributed by atoms with Crippen molar-refractivity contribution in [1.29, 1.82) is 0 Å². The van der Waals surface area contributed by atoms with Crippen LogP contribution in [0.25, 0.3) is 0 Å². The third kappa shape index (κ3) is 7.65. The fourth-order valence-corrected chi connectivity index (χ4v) is 4.74. The molecule has 0 bridgehead atoms. The van der Waals surface area contributed by atoms with Crippen LogP contribution in [0, 0.1) is 0 Å². The van der Waals surface area contributed by atoms with Gasteiger partial charge in [0.2, 0.25) is 21.8 Å². The lowest BCUT2D eigenvalue weighted by Crippen LogP contribution is -2.51. The fourth-order valence-electron chi connectivity index (χ4n) is 3.06. The van der Waals surface area contributed by atoms with Crippen LogP contribution in [-0.2, 0) is 26.2 Å². The Morgan fingerprint density at radius 2 is 1.59 bits per heavy atom. The first-order chi connectivity index (χ1) is 15.8. The molecule has 0 aromatic heterocycles. The van der Waals surface area contributed by atoms with Crippen LogP contribution < -0.4 is 9.62 Å². The third-order valence-corrected chi connectivity index (χ3v) is 7.32. The summed E-state index contributed by atoms with van der Waals surface area (Å²) >= 11 is 24.2. The molecule has 12 heteroatoms. The Balaban J connectivity index is 2.43. The van der Waals surface area contributed by atoms with Crippen LogP contribution in [0.5, 0.6) is 0 Å². The number of hydrogen-bond acceptors (Lipinski definition) is 4. The lowest BCUT2D eigenvalue weighted by molar-refractivity contribution is -0.139. The summed E-state index contributed by atoms with van der Waals surface area (Å²) in [6, 6.07) is 8.49. The molecule has 1 N–H and O–H groups in total. The first-order valence-corrected chi connectivity index (χ1v) is 13.6. The van der Waals surface area contributed by atoms with Gasteiger partial charge >= 0.3 is 0 Å². The first kappa shape index (κ1) is 28.5. The van der Waals surface area contributed by atoms with Gasteiger partial charge in [0, 0.05) is 18.1 Å². The molecule has 186 valence electrons. The molecule has 0 fully saturated rings. The van der Waals surface area contributed by atoms with Gasteiger partial charge in [0.25, 0.3) is 0 Å². The van der Waals surface area contributed by atoms with E-state index in [2.05, 4.69) is 5.32 Å². The van der Waals surface area contributed by atoms with E-state index in [0.717, 1.165) is 17.0 Å². The average molecular weight is 569 g/mol. The van der Waals surface area contributed by atoms with Crippen LogP contribution >= 0.6 is 46.4 Å². The summed E-state index contributed by atoms with van der Waals surface area (Å²) in [5.74, 6) is -0.968. The highest BCUT2D eigenvalue weighted by Gasteiger charge is 2.31. The van der Waals surface area contributed by atoms with Crippen molar-refractivity contribution in [1.82, 2.24) is 10.2 Å². The van der Waals surface area contributed by atoms with Crippen LogP contribution in [-0.4, -0.2) is 50.5 Å². The van der Waals surface area contributed by atoms with Crippen molar-refractivity contribution >= 4 is 73.9 Å². The summed E-state index contributed by atoms with van der Waals surface area (Å²) in [5, 5.41) is 3.50. The quantitative estimate of drug-likeness (QED) is 0.408. The largest absolute Gasteiger partial charge is 0.354 e. The summed E-state index contributed by atoms with van der Waals surface area (Å²) < 4.78 is 26.1. The molecular formula is C22H25Cl4N3O4S. The standard InChI is InChI=1S/C22H25Cl4N3O4S/c1-4-9-27-22(31)14(2)28(12-15-5-7-16(23)8-6-15)21(30)13-29(34(3,32)33)20-11-18(25)17(24)10-19(20)26/h5-8,10-11,14H,4,9,12-13H2,1-3H3,(H,27,31)/t14-/m1/s1. The summed E-state index contributed by atoms with van der Waals surface area (Å²) in [7, 11) is -3.96. The molecule has 2 aromatic rings. The molecule has 0 aliphatic rings. The minimum Gasteiger partial charge on any atom is -0.354 e. The second-order valence-corrected chi connectivity index (χ2v) is 11.2. The molecule has 0 spiro atoms. The fraction of sp³-hybridized carbons (Fsp3) is 0.364. The Bertz CT molecular complexity index is 1140. The van der Waals surface area contributed by atoms with Gasteiger partial charge in [-0.25, -0.2) is 8.42 Å². The Morgan fingerprint density at radius 1 is 1.00 bits per heavy atom. The van der Waals surface area contributed by atoms with Gasteiger partial charge in [-0.05, 0) is 43.2 Å². The van der Waals surface area contributed by atoms with Crippen molar-refractivity contribution in [2.75, 3.05) is 23.7 Å². The highest BCUT2D eigenvalue weighted by Crippen LogP contribution is 2.35. The number of benzene rings is 2. The Kier molecular flexibility index (Phi) is 10.3. The van der Waals surface area contributed by atoms with Crippen molar-refractivity contribution in [2.24, 2.45) is 0 Å². The van der Waals surface area contributed by atoms with Gasteiger partial charge in [0.1, 0.15) is 12.6 Å². The molecule has 7 nitrogen and oxygen atoms in total. The predicted molar refractivity (Wildman–Crippen MR) is 138 cm³/mol. The van der Waals surface area contributed by atoms with Crippen LogP contribution in [0.15, 0.2) is 36.4 Å². The average Bonchev–Trinajstić information content (AvgIpc) is 2.76. The van der Waals surface area contributed by atoms with Crippen molar-refractivity contribution in [3.05, 3.63) is 62.1 Å². The van der Waals surface area contributed by atoms with Gasteiger partial charge < -0.3 is 10.2 Å². The van der Waals surface area contributed by atoms with Gasteiger partial charge in [0.15, 0.2) is 0 Å². The number of sulfonamides is 1. The van der Waals surface area contributed by atoms with Crippen molar-refractivity contribution in [3.8, 4) is 0 Å². The monoisotopic (exact) mass is 567 g/mol. The Hall–Kier alpha value is -1.71. The van der Waals surface area contributed by atoms with E-state index in [-0.39, 0.29) is 33.2 Å². The third-order valence-electron chi connectivity index (χ3n) is 4.92. The zero-order valence-corrected chi connectivity index (χ0v) is 22.7. The van der Waals surface area contributed by atoms with E-state index >= 15 is 0 Å². The number of halogens is 4. The van der Waals surface area contributed by atoms with Crippen LogP contribution in [0.3, 0.4) is 0 Å². The molecule has 1 atom stereocenters. The summed E-state index contributed by atoms with van der Waals surface area (Å²) in [4.78, 5) is 27.4. The van der Waals surface area contributed by atoms with E-state index in [9.17, 15) is 18.0 Å². The normalized spacial score (nSPS) is 12.2. The van der Waals surface area contributed by atoms with Gasteiger partial charge in [0.05, 0.1) is 27.0 Å². The summed E-state index contributed by atoms with van der Waals surface area (Å²) in [6.07, 6.45) is 1.67. The molecule has 0 saturated carbocycles. The van der Waals surface area contributed by atoms with E-state index in [1.165, 1.54) is 17.0 Å². The second kappa shape index (κ2) is 12.3. The molecule has 0 radical (unpaired) electrons. The molecular weight excluding hydrogens is 544 g/mol. The molecule has 0 saturated heterocycles. The van der Waals surface area contributed by atoms with Crippen LogP contribution in [0.1, 0.15) is 25.8 Å². The van der Waals surface area contributed by atoms with E-state index in [1.807, 2.05) is 6.92 Å². The number of nitrogens with one attached hydrogen (secondary N) is 1. The van der Waals surface area contributed by atoms with Crippen LogP contribution in [0.4, 0.5) is 5.69 Å². The number of hydrogen-bond donors (Lipinski definition) is 1. The SMILES string of the molecule is CCCNC(=O)[C@@H](C)N(Cc1ccc(Cl)cc1)C(=O)CN(c1cc(Cl)c(Cl)cc1Cl)S(C)(=O)=O. The maximum absolute atomic E-state index is 13.4. The smallest absolute Gasteiger partial charge is 0.244 e. The maximum atomic E-state index is 13.4. The molecule has 2 rings (SSSR count). The van der Waals surface area contributed by atoms with Crippen LogP contribution in [0.2, 0.25) is 20.1 Å². The first-order valence-electron chi connectivity index (χ1n) is 10.3. The number of amides is 2. The minimum atomic E-state index is -3.96. The topological polar surface area (TPSA) is 86.8 Å². The van der Waals surface area contributed by atoms with Crippen molar-refractivity contribution < 1.29 is 18.0 Å². The Morgan fingerprint density at radius 3 is 2.15 bits per heavy atom. The summed E-state index contributed by atoms with van der Waals surface area (Å²) in [6.45, 7) is 3.39. The van der Waals surface area contributed by atoms with Gasteiger partial charge in [-0.3, -0.25) is 13.9 Å². The number of rotatable bonds is 10. The number of anilines is 1. The van der Waals surface area contributed by atoms with Gasteiger partial charge in [-0.15, -0.1) is 0 Å². The van der Waals surface area contributed by atoms with E-state index < -0.39 is 28.5 Å². The lowest BCUT2D eigenvalue weighted by atomic mass is 10.1. The zero-order valence-electron chi connectivity index (χ0n) is 18.8. The van der Waals surface area contributed by atoms with Crippen molar-refractivity contribution in [3.63, 3.8) is 0 Å². The van der Waals surface area contributed by atoms with Crippen molar-refractivity contribution in [2.45, 2.75) is 32.9 Å².